The molecule has 0 radical (unpaired) electrons. The summed E-state index contributed by atoms with van der Waals surface area (Å²) in [4.78, 5) is 6.57. The van der Waals surface area contributed by atoms with Gasteiger partial charge >= 0.3 is 0 Å². The van der Waals surface area contributed by atoms with Gasteiger partial charge in [-0.05, 0) is 25.1 Å². The Kier molecular flexibility index (Phi) is 4.52. The molecule has 2 aromatic rings. The van der Waals surface area contributed by atoms with Crippen LogP contribution in [0, 0.1) is 6.92 Å². The summed E-state index contributed by atoms with van der Waals surface area (Å²) in [6, 6.07) is 8.40. The number of rotatable bonds is 5. The molecule has 0 amide bonds. The molecule has 2 N–H and O–H groups in total. The summed E-state index contributed by atoms with van der Waals surface area (Å²) in [5.74, 6) is 1.18. The van der Waals surface area contributed by atoms with Crippen molar-refractivity contribution in [2.75, 3.05) is 26.7 Å². The molecule has 1 aromatic heterocycles. The van der Waals surface area contributed by atoms with Gasteiger partial charge < -0.3 is 14.9 Å². The van der Waals surface area contributed by atoms with Crippen LogP contribution in [0.15, 0.2) is 28.8 Å². The molecule has 6 nitrogen and oxygen atoms in total. The van der Waals surface area contributed by atoms with Crippen molar-refractivity contribution in [2.24, 2.45) is 0 Å². The van der Waals surface area contributed by atoms with Gasteiger partial charge in [0, 0.05) is 38.2 Å². The van der Waals surface area contributed by atoms with Crippen molar-refractivity contribution in [3.8, 4) is 11.4 Å². The number of hydrogen-bond donors (Lipinski definition) is 2. The lowest BCUT2D eigenvalue weighted by molar-refractivity contribution is 0.173. The predicted molar refractivity (Wildman–Crippen MR) is 83.3 cm³/mol. The molecule has 22 heavy (non-hydrogen) atoms. The van der Waals surface area contributed by atoms with E-state index in [0.717, 1.165) is 31.6 Å². The predicted octanol–water partition coefficient (Wildman–Crippen LogP) is 1.37. The molecule has 1 saturated heterocycles. The molecule has 1 aliphatic rings. The Hall–Kier alpha value is -1.76. The molecule has 0 spiro atoms. The van der Waals surface area contributed by atoms with Crippen LogP contribution in [0.4, 0.5) is 0 Å². The zero-order chi connectivity index (χ0) is 15.5. The van der Waals surface area contributed by atoms with Crippen LogP contribution in [0.5, 0.6) is 0 Å². The largest absolute Gasteiger partial charge is 0.392 e. The molecular weight excluding hydrogens is 280 g/mol. The smallest absolute Gasteiger partial charge is 0.223 e. The molecular formula is C16H22N4O2. The molecule has 1 aromatic carbocycles. The van der Waals surface area contributed by atoms with E-state index in [-0.39, 0.29) is 12.1 Å². The third kappa shape index (κ3) is 3.35. The van der Waals surface area contributed by atoms with E-state index in [1.165, 1.54) is 5.56 Å². The van der Waals surface area contributed by atoms with Crippen molar-refractivity contribution >= 4 is 0 Å². The number of likely N-dealkylation sites (N-methyl/N-ethyl adjacent to an activating group) is 1. The van der Waals surface area contributed by atoms with Crippen molar-refractivity contribution in [3.05, 3.63) is 35.7 Å². The van der Waals surface area contributed by atoms with Crippen LogP contribution in [-0.4, -0.2) is 52.9 Å². The molecule has 2 heterocycles. The third-order valence-electron chi connectivity index (χ3n) is 4.11. The molecule has 0 aliphatic carbocycles. The fourth-order valence-electron chi connectivity index (χ4n) is 2.91. The first kappa shape index (κ1) is 15.1. The third-order valence-corrected chi connectivity index (χ3v) is 4.11. The van der Waals surface area contributed by atoms with Gasteiger partial charge in [-0.2, -0.15) is 4.98 Å². The molecule has 6 heteroatoms. The Morgan fingerprint density at radius 2 is 2.36 bits per heavy atom. The lowest BCUT2D eigenvalue weighted by Crippen LogP contribution is -2.33. The topological polar surface area (TPSA) is 74.4 Å². The molecule has 1 fully saturated rings. The molecule has 2 atom stereocenters. The van der Waals surface area contributed by atoms with Crippen LogP contribution in [0.1, 0.15) is 23.9 Å². The minimum Gasteiger partial charge on any atom is -0.392 e. The van der Waals surface area contributed by atoms with E-state index in [4.69, 9.17) is 4.52 Å². The number of aliphatic hydroxyl groups is 1. The van der Waals surface area contributed by atoms with Gasteiger partial charge in [0.1, 0.15) is 0 Å². The first-order chi connectivity index (χ1) is 10.7. The normalized spacial score (nSPS) is 20.4. The van der Waals surface area contributed by atoms with E-state index in [0.29, 0.717) is 11.7 Å². The second-order valence-electron chi connectivity index (χ2n) is 5.81. The van der Waals surface area contributed by atoms with E-state index >= 15 is 0 Å². The average molecular weight is 302 g/mol. The van der Waals surface area contributed by atoms with Crippen LogP contribution < -0.4 is 5.32 Å². The van der Waals surface area contributed by atoms with Crippen molar-refractivity contribution in [3.63, 3.8) is 0 Å². The highest BCUT2D eigenvalue weighted by Crippen LogP contribution is 2.23. The highest BCUT2D eigenvalue weighted by atomic mass is 16.5. The number of β-amino-alcohol motifs (C(OH)–C–C–N with tert-alkyl or cyclic N) is 1. The zero-order valence-corrected chi connectivity index (χ0v) is 13.0. The number of benzene rings is 1. The quantitative estimate of drug-likeness (QED) is 0.869. The molecule has 1 unspecified atom stereocenters. The van der Waals surface area contributed by atoms with Gasteiger partial charge in [-0.25, -0.2) is 0 Å². The zero-order valence-electron chi connectivity index (χ0n) is 13.0. The van der Waals surface area contributed by atoms with Crippen LogP contribution in [-0.2, 0) is 0 Å². The van der Waals surface area contributed by atoms with Crippen molar-refractivity contribution in [1.82, 2.24) is 20.4 Å². The lowest BCUT2D eigenvalue weighted by Gasteiger charge is -2.23. The lowest BCUT2D eigenvalue weighted by atomic mass is 10.0. The number of nitrogens with zero attached hydrogens (tertiary/aromatic N) is 3. The summed E-state index contributed by atoms with van der Waals surface area (Å²) in [5.41, 5.74) is 2.14. The first-order valence-corrected chi connectivity index (χ1v) is 7.64. The Morgan fingerprint density at radius 3 is 3.00 bits per heavy atom. The van der Waals surface area contributed by atoms with Gasteiger partial charge in [-0.3, -0.25) is 4.90 Å². The SMILES string of the molecule is CNC(CN1CC[C@H](O)C1)c1cccc(-c2noc(C)n2)c1. The fourth-order valence-corrected chi connectivity index (χ4v) is 2.91. The van der Waals surface area contributed by atoms with Crippen LogP contribution >= 0.6 is 0 Å². The van der Waals surface area contributed by atoms with Gasteiger partial charge in [-0.15, -0.1) is 0 Å². The van der Waals surface area contributed by atoms with E-state index in [1.54, 1.807) is 6.92 Å². The van der Waals surface area contributed by atoms with Crippen molar-refractivity contribution in [2.45, 2.75) is 25.5 Å². The number of nitrogens with one attached hydrogen (secondary N) is 1. The number of likely N-dealkylation sites (tertiary alicyclic amines) is 1. The second-order valence-corrected chi connectivity index (χ2v) is 5.81. The van der Waals surface area contributed by atoms with Crippen molar-refractivity contribution < 1.29 is 9.63 Å². The fraction of sp³-hybridized carbons (Fsp3) is 0.500. The van der Waals surface area contributed by atoms with Gasteiger partial charge in [-0.1, -0.05) is 23.4 Å². The van der Waals surface area contributed by atoms with E-state index in [1.807, 2.05) is 19.2 Å². The maximum atomic E-state index is 9.66. The maximum Gasteiger partial charge on any atom is 0.223 e. The minimum absolute atomic E-state index is 0.189. The Labute approximate surface area is 130 Å². The van der Waals surface area contributed by atoms with Crippen LogP contribution in [0.3, 0.4) is 0 Å². The highest BCUT2D eigenvalue weighted by Gasteiger charge is 2.23. The first-order valence-electron chi connectivity index (χ1n) is 7.64. The highest BCUT2D eigenvalue weighted by molar-refractivity contribution is 5.55. The number of aromatic nitrogens is 2. The standard InChI is InChI=1S/C16H22N4O2/c1-11-18-16(19-22-11)13-5-3-4-12(8-13)15(17-2)10-20-7-6-14(21)9-20/h3-5,8,14-15,17,21H,6-7,9-10H2,1-2H3/t14-,15?/m0/s1. The number of aliphatic hydroxyl groups excluding tert-OH is 1. The van der Waals surface area contributed by atoms with Crippen LogP contribution in [0.25, 0.3) is 11.4 Å². The average Bonchev–Trinajstić information content (AvgIpc) is 3.13. The summed E-state index contributed by atoms with van der Waals surface area (Å²) in [7, 11) is 1.96. The van der Waals surface area contributed by atoms with E-state index in [2.05, 4.69) is 32.5 Å². The monoisotopic (exact) mass is 302 g/mol. The minimum atomic E-state index is -0.189. The molecule has 1 aliphatic heterocycles. The van der Waals surface area contributed by atoms with Crippen LogP contribution in [0.2, 0.25) is 0 Å². The molecule has 118 valence electrons. The van der Waals surface area contributed by atoms with Gasteiger partial charge in [0.05, 0.1) is 6.10 Å². The van der Waals surface area contributed by atoms with E-state index in [9.17, 15) is 5.11 Å². The number of hydrogen-bond acceptors (Lipinski definition) is 6. The second kappa shape index (κ2) is 6.56. The molecule has 0 bridgehead atoms. The summed E-state index contributed by atoms with van der Waals surface area (Å²) in [5, 5.41) is 17.0. The van der Waals surface area contributed by atoms with Crippen molar-refractivity contribution in [1.29, 1.82) is 0 Å². The molecule has 0 saturated carbocycles. The van der Waals surface area contributed by atoms with E-state index < -0.39 is 0 Å². The Morgan fingerprint density at radius 1 is 1.50 bits per heavy atom. The Bertz CT molecular complexity index is 628. The Balaban J connectivity index is 1.77. The van der Waals surface area contributed by atoms with Gasteiger partial charge in [0.15, 0.2) is 0 Å². The van der Waals surface area contributed by atoms with Gasteiger partial charge in [0.2, 0.25) is 11.7 Å². The summed E-state index contributed by atoms with van der Waals surface area (Å²) >= 11 is 0. The summed E-state index contributed by atoms with van der Waals surface area (Å²) in [6.45, 7) is 4.36. The summed E-state index contributed by atoms with van der Waals surface area (Å²) in [6.07, 6.45) is 0.671. The summed E-state index contributed by atoms with van der Waals surface area (Å²) < 4.78 is 5.05. The molecule has 3 rings (SSSR count). The number of aryl methyl sites for hydroxylation is 1. The van der Waals surface area contributed by atoms with Gasteiger partial charge in [0.25, 0.3) is 0 Å². The maximum absolute atomic E-state index is 9.66.